The number of halogens is 4. The van der Waals surface area contributed by atoms with E-state index in [1.54, 1.807) is 0 Å². The summed E-state index contributed by atoms with van der Waals surface area (Å²) >= 11 is 0. The van der Waals surface area contributed by atoms with Gasteiger partial charge in [0.25, 0.3) is 11.1 Å². The molecule has 6 nitrogen and oxygen atoms in total. The van der Waals surface area contributed by atoms with Crippen LogP contribution in [0.1, 0.15) is 0 Å². The van der Waals surface area contributed by atoms with Crippen molar-refractivity contribution in [1.82, 2.24) is 10.2 Å². The lowest BCUT2D eigenvalue weighted by atomic mass is 10.1. The van der Waals surface area contributed by atoms with Crippen LogP contribution in [0.3, 0.4) is 0 Å². The molecule has 112 valence electrons. The fraction of sp³-hybridized carbons (Fsp3) is 0.182. The summed E-state index contributed by atoms with van der Waals surface area (Å²) in [6, 6.07) is 3.45. The van der Waals surface area contributed by atoms with Gasteiger partial charge in [0.2, 0.25) is 0 Å². The molecule has 0 aliphatic heterocycles. The van der Waals surface area contributed by atoms with Gasteiger partial charge in [0.15, 0.2) is 0 Å². The number of fused-ring (bicyclic) bond motifs is 1. The molecule has 0 bridgehead atoms. The topological polar surface area (TPSA) is 94.8 Å². The van der Waals surface area contributed by atoms with E-state index >= 15 is 0 Å². The first kappa shape index (κ1) is 14.8. The molecule has 0 radical (unpaired) electrons. The van der Waals surface area contributed by atoms with Gasteiger partial charge < -0.3 is 5.32 Å². The Balaban J connectivity index is 2.55. The SMILES string of the molecule is O=C(Nc1cccc2c(=O)[nH][nH]c(=O)c12)C(F)(F)C(F)F. The first-order chi connectivity index (χ1) is 9.75. The Morgan fingerprint density at radius 3 is 2.38 bits per heavy atom. The monoisotopic (exact) mass is 305 g/mol. The molecule has 0 fully saturated rings. The highest BCUT2D eigenvalue weighted by atomic mass is 19.3. The second kappa shape index (κ2) is 5.04. The van der Waals surface area contributed by atoms with Crippen LogP contribution < -0.4 is 16.4 Å². The highest BCUT2D eigenvalue weighted by Gasteiger charge is 2.49. The predicted molar refractivity (Wildman–Crippen MR) is 64.8 cm³/mol. The van der Waals surface area contributed by atoms with Gasteiger partial charge in [-0.25, -0.2) is 8.78 Å². The van der Waals surface area contributed by atoms with E-state index in [0.29, 0.717) is 0 Å². The van der Waals surface area contributed by atoms with Crippen LogP contribution in [0.4, 0.5) is 23.2 Å². The molecular formula is C11H7F4N3O3. The number of aromatic amines is 2. The molecule has 10 heteroatoms. The number of benzene rings is 1. The van der Waals surface area contributed by atoms with Gasteiger partial charge >= 0.3 is 18.3 Å². The lowest BCUT2D eigenvalue weighted by Gasteiger charge is -2.15. The van der Waals surface area contributed by atoms with Crippen LogP contribution in [0.5, 0.6) is 0 Å². The average Bonchev–Trinajstić information content (AvgIpc) is 2.42. The second-order valence-electron chi connectivity index (χ2n) is 4.01. The third-order valence-corrected chi connectivity index (χ3v) is 2.65. The number of hydrogen-bond acceptors (Lipinski definition) is 3. The molecule has 2 aromatic rings. The van der Waals surface area contributed by atoms with E-state index in [1.807, 2.05) is 10.2 Å². The van der Waals surface area contributed by atoms with Crippen LogP contribution in [0.2, 0.25) is 0 Å². The molecule has 0 saturated heterocycles. The summed E-state index contributed by atoms with van der Waals surface area (Å²) in [7, 11) is 0. The minimum absolute atomic E-state index is 0.183. The molecule has 0 atom stereocenters. The Hall–Kier alpha value is -2.65. The van der Waals surface area contributed by atoms with Gasteiger partial charge in [-0.1, -0.05) is 6.07 Å². The number of rotatable bonds is 3. The van der Waals surface area contributed by atoms with E-state index in [4.69, 9.17) is 0 Å². The van der Waals surface area contributed by atoms with Gasteiger partial charge in [0.05, 0.1) is 16.5 Å². The van der Waals surface area contributed by atoms with E-state index in [9.17, 15) is 31.9 Å². The lowest BCUT2D eigenvalue weighted by Crippen LogP contribution is -2.41. The van der Waals surface area contributed by atoms with E-state index < -0.39 is 35.1 Å². The zero-order valence-corrected chi connectivity index (χ0v) is 10.0. The number of nitrogens with one attached hydrogen (secondary N) is 3. The van der Waals surface area contributed by atoms with Crippen molar-refractivity contribution >= 4 is 22.4 Å². The van der Waals surface area contributed by atoms with Crippen molar-refractivity contribution in [3.05, 3.63) is 38.9 Å². The van der Waals surface area contributed by atoms with Crippen molar-refractivity contribution in [2.24, 2.45) is 0 Å². The number of hydrogen-bond donors (Lipinski definition) is 3. The Bertz CT molecular complexity index is 812. The smallest absolute Gasteiger partial charge is 0.320 e. The van der Waals surface area contributed by atoms with Crippen molar-refractivity contribution in [3.8, 4) is 0 Å². The molecule has 1 amide bonds. The summed E-state index contributed by atoms with van der Waals surface area (Å²) < 4.78 is 50.0. The van der Waals surface area contributed by atoms with E-state index in [-0.39, 0.29) is 10.8 Å². The molecule has 0 aliphatic rings. The fourth-order valence-corrected chi connectivity index (χ4v) is 1.64. The highest BCUT2D eigenvalue weighted by molar-refractivity contribution is 6.04. The summed E-state index contributed by atoms with van der Waals surface area (Å²) in [5, 5.41) is 4.90. The average molecular weight is 305 g/mol. The Kier molecular flexibility index (Phi) is 3.54. The molecule has 1 aromatic carbocycles. The van der Waals surface area contributed by atoms with Crippen LogP contribution in [0.25, 0.3) is 10.8 Å². The summed E-state index contributed by atoms with van der Waals surface area (Å²) in [4.78, 5) is 34.2. The second-order valence-corrected chi connectivity index (χ2v) is 4.01. The van der Waals surface area contributed by atoms with Crippen molar-refractivity contribution in [2.45, 2.75) is 12.3 Å². The maximum absolute atomic E-state index is 12.9. The molecule has 0 saturated carbocycles. The van der Waals surface area contributed by atoms with E-state index in [2.05, 4.69) is 0 Å². The first-order valence-electron chi connectivity index (χ1n) is 5.46. The van der Waals surface area contributed by atoms with Crippen molar-refractivity contribution in [2.75, 3.05) is 5.32 Å². The van der Waals surface area contributed by atoms with Gasteiger partial charge in [-0.2, -0.15) is 8.78 Å². The molecule has 1 heterocycles. The number of aromatic nitrogens is 2. The predicted octanol–water partition coefficient (Wildman–Crippen LogP) is 1.06. The van der Waals surface area contributed by atoms with Crippen LogP contribution in [0, 0.1) is 0 Å². The Morgan fingerprint density at radius 2 is 1.76 bits per heavy atom. The highest BCUT2D eigenvalue weighted by Crippen LogP contribution is 2.26. The number of H-pyrrole nitrogens is 2. The molecule has 0 aliphatic carbocycles. The van der Waals surface area contributed by atoms with Gasteiger partial charge in [0.1, 0.15) is 0 Å². The van der Waals surface area contributed by atoms with Crippen molar-refractivity contribution < 1.29 is 22.4 Å². The van der Waals surface area contributed by atoms with Crippen LogP contribution in [-0.4, -0.2) is 28.5 Å². The largest absolute Gasteiger partial charge is 0.383 e. The van der Waals surface area contributed by atoms with Crippen molar-refractivity contribution in [3.63, 3.8) is 0 Å². The van der Waals surface area contributed by atoms with Gasteiger partial charge in [0, 0.05) is 0 Å². The third kappa shape index (κ3) is 2.51. The van der Waals surface area contributed by atoms with Gasteiger partial charge in [-0.15, -0.1) is 0 Å². The van der Waals surface area contributed by atoms with Gasteiger partial charge in [-0.3, -0.25) is 24.6 Å². The molecular weight excluding hydrogens is 298 g/mol. The number of alkyl halides is 4. The van der Waals surface area contributed by atoms with Crippen molar-refractivity contribution in [1.29, 1.82) is 0 Å². The number of carbonyl (C=O) groups excluding carboxylic acids is 1. The Labute approximate surface area is 112 Å². The standard InChI is InChI=1S/C11H7F4N3O3/c12-9(13)11(14,15)10(21)16-5-3-1-2-4-6(5)8(20)18-17-7(4)19/h1-3,9H,(H,16,21)(H,17,19)(H,18,20). The quantitative estimate of drug-likeness (QED) is 0.740. The number of amides is 1. The van der Waals surface area contributed by atoms with Crippen LogP contribution in [0.15, 0.2) is 27.8 Å². The minimum atomic E-state index is -4.92. The first-order valence-corrected chi connectivity index (χ1v) is 5.46. The maximum atomic E-state index is 12.9. The van der Waals surface area contributed by atoms with Crippen LogP contribution in [-0.2, 0) is 4.79 Å². The fourth-order valence-electron chi connectivity index (χ4n) is 1.64. The van der Waals surface area contributed by atoms with E-state index in [0.717, 1.165) is 6.07 Å². The summed E-state index contributed by atoms with van der Waals surface area (Å²) in [5.74, 6) is -7.19. The zero-order valence-electron chi connectivity index (χ0n) is 10.0. The number of carbonyl (C=O) groups is 1. The van der Waals surface area contributed by atoms with Crippen LogP contribution >= 0.6 is 0 Å². The molecule has 0 spiro atoms. The number of anilines is 1. The maximum Gasteiger partial charge on any atom is 0.383 e. The summed E-state index contributed by atoms with van der Waals surface area (Å²) in [6.07, 6.45) is -4.20. The molecule has 0 unspecified atom stereocenters. The lowest BCUT2D eigenvalue weighted by molar-refractivity contribution is -0.163. The summed E-state index contributed by atoms with van der Waals surface area (Å²) in [6.45, 7) is 0. The Morgan fingerprint density at radius 1 is 1.14 bits per heavy atom. The molecule has 2 rings (SSSR count). The third-order valence-electron chi connectivity index (χ3n) is 2.65. The minimum Gasteiger partial charge on any atom is -0.320 e. The van der Waals surface area contributed by atoms with E-state index in [1.165, 1.54) is 17.4 Å². The normalized spacial score (nSPS) is 11.9. The summed E-state index contributed by atoms with van der Waals surface area (Å²) in [5.41, 5.74) is -2.08. The molecule has 3 N–H and O–H groups in total. The molecule has 1 aromatic heterocycles. The molecule has 21 heavy (non-hydrogen) atoms. The zero-order chi connectivity index (χ0) is 15.8. The van der Waals surface area contributed by atoms with Gasteiger partial charge in [-0.05, 0) is 12.1 Å².